The molecule has 5 heteroatoms. The van der Waals surface area contributed by atoms with Gasteiger partial charge < -0.3 is 0 Å². The Bertz CT molecular complexity index is 404. The molecule has 2 heterocycles. The number of halogens is 1. The van der Waals surface area contributed by atoms with Gasteiger partial charge in [-0.25, -0.2) is 0 Å². The fourth-order valence-corrected chi connectivity index (χ4v) is 1.70. The highest BCUT2D eigenvalue weighted by atomic mass is 35.5. The summed E-state index contributed by atoms with van der Waals surface area (Å²) in [6.07, 6.45) is 3.48. The Kier molecular flexibility index (Phi) is 2.96. The standard InChI is InChI=1S/C9H6ClN3S/c10-8-1-2-9(13-12-8)14-7-3-5-11-6-4-7/h1-6H. The van der Waals surface area contributed by atoms with E-state index in [1.165, 1.54) is 11.8 Å². The van der Waals surface area contributed by atoms with Crippen molar-refractivity contribution in [2.24, 2.45) is 0 Å². The van der Waals surface area contributed by atoms with Crippen molar-refractivity contribution >= 4 is 23.4 Å². The molecule has 0 atom stereocenters. The Hall–Kier alpha value is -1.13. The van der Waals surface area contributed by atoms with Gasteiger partial charge in [-0.2, -0.15) is 0 Å². The number of aromatic nitrogens is 3. The van der Waals surface area contributed by atoms with Gasteiger partial charge in [-0.1, -0.05) is 23.4 Å². The largest absolute Gasteiger partial charge is 0.265 e. The second-order valence-electron chi connectivity index (χ2n) is 2.48. The first kappa shape index (κ1) is 9.43. The lowest BCUT2D eigenvalue weighted by molar-refractivity contribution is 0.930. The van der Waals surface area contributed by atoms with Gasteiger partial charge in [0.05, 0.1) is 0 Å². The maximum absolute atomic E-state index is 5.62. The van der Waals surface area contributed by atoms with Crippen LogP contribution in [0.4, 0.5) is 0 Å². The summed E-state index contributed by atoms with van der Waals surface area (Å²) < 4.78 is 0. The summed E-state index contributed by atoms with van der Waals surface area (Å²) in [5.41, 5.74) is 0. The normalized spacial score (nSPS) is 10.1. The van der Waals surface area contributed by atoms with E-state index in [1.54, 1.807) is 18.5 Å². The van der Waals surface area contributed by atoms with Crippen LogP contribution < -0.4 is 0 Å². The van der Waals surface area contributed by atoms with Gasteiger partial charge in [0.15, 0.2) is 5.15 Å². The Labute approximate surface area is 90.5 Å². The van der Waals surface area contributed by atoms with E-state index >= 15 is 0 Å². The lowest BCUT2D eigenvalue weighted by atomic mass is 10.5. The van der Waals surface area contributed by atoms with E-state index in [4.69, 9.17) is 11.6 Å². The molecule has 0 saturated heterocycles. The molecule has 0 aliphatic heterocycles. The molecule has 0 aromatic carbocycles. The molecule has 2 aromatic heterocycles. The minimum atomic E-state index is 0.407. The molecule has 0 bridgehead atoms. The van der Waals surface area contributed by atoms with Gasteiger partial charge in [-0.05, 0) is 24.3 Å². The summed E-state index contributed by atoms with van der Waals surface area (Å²) in [7, 11) is 0. The molecule has 0 aliphatic rings. The van der Waals surface area contributed by atoms with Gasteiger partial charge in [-0.15, -0.1) is 10.2 Å². The predicted molar refractivity (Wildman–Crippen MR) is 55.4 cm³/mol. The Morgan fingerprint density at radius 2 is 1.79 bits per heavy atom. The van der Waals surface area contributed by atoms with Crippen LogP contribution in [0.3, 0.4) is 0 Å². The van der Waals surface area contributed by atoms with Crippen molar-refractivity contribution in [3.05, 3.63) is 41.8 Å². The van der Waals surface area contributed by atoms with Crippen LogP contribution in [0.1, 0.15) is 0 Å². The zero-order chi connectivity index (χ0) is 9.80. The third-order valence-corrected chi connectivity index (χ3v) is 2.62. The highest BCUT2D eigenvalue weighted by Crippen LogP contribution is 2.24. The molecule has 2 rings (SSSR count). The summed E-state index contributed by atoms with van der Waals surface area (Å²) in [4.78, 5) is 5.01. The van der Waals surface area contributed by atoms with Crippen LogP contribution in [-0.2, 0) is 0 Å². The summed E-state index contributed by atoms with van der Waals surface area (Å²) in [5.74, 6) is 0. The van der Waals surface area contributed by atoms with Crippen LogP contribution in [0.5, 0.6) is 0 Å². The summed E-state index contributed by atoms with van der Waals surface area (Å²) in [6, 6.07) is 7.39. The molecule has 0 saturated carbocycles. The van der Waals surface area contributed by atoms with Crippen LogP contribution in [0.15, 0.2) is 46.6 Å². The zero-order valence-electron chi connectivity index (χ0n) is 7.09. The fraction of sp³-hybridized carbons (Fsp3) is 0. The molecule has 14 heavy (non-hydrogen) atoms. The summed E-state index contributed by atoms with van der Waals surface area (Å²) in [6.45, 7) is 0. The second-order valence-corrected chi connectivity index (χ2v) is 3.96. The average Bonchev–Trinajstić information content (AvgIpc) is 2.23. The number of rotatable bonds is 2. The molecule has 0 fully saturated rings. The van der Waals surface area contributed by atoms with Crippen molar-refractivity contribution in [3.8, 4) is 0 Å². The van der Waals surface area contributed by atoms with Crippen LogP contribution in [0.25, 0.3) is 0 Å². The van der Waals surface area contributed by atoms with Gasteiger partial charge in [0.1, 0.15) is 5.03 Å². The van der Waals surface area contributed by atoms with Crippen molar-refractivity contribution in [2.45, 2.75) is 9.92 Å². The van der Waals surface area contributed by atoms with Crippen molar-refractivity contribution in [1.29, 1.82) is 0 Å². The van der Waals surface area contributed by atoms with E-state index in [2.05, 4.69) is 15.2 Å². The van der Waals surface area contributed by atoms with Crippen molar-refractivity contribution < 1.29 is 0 Å². The Morgan fingerprint density at radius 3 is 2.43 bits per heavy atom. The number of nitrogens with zero attached hydrogens (tertiary/aromatic N) is 3. The highest BCUT2D eigenvalue weighted by molar-refractivity contribution is 7.99. The minimum absolute atomic E-state index is 0.407. The maximum Gasteiger partial charge on any atom is 0.151 e. The molecule has 0 spiro atoms. The van der Waals surface area contributed by atoms with E-state index in [1.807, 2.05) is 18.2 Å². The molecule has 0 unspecified atom stereocenters. The van der Waals surface area contributed by atoms with Gasteiger partial charge >= 0.3 is 0 Å². The van der Waals surface area contributed by atoms with Crippen LogP contribution in [0.2, 0.25) is 5.15 Å². The van der Waals surface area contributed by atoms with E-state index in [0.717, 1.165) is 9.92 Å². The van der Waals surface area contributed by atoms with Crippen LogP contribution in [-0.4, -0.2) is 15.2 Å². The van der Waals surface area contributed by atoms with Crippen molar-refractivity contribution in [3.63, 3.8) is 0 Å². The SMILES string of the molecule is Clc1ccc(Sc2ccncc2)nn1. The molecule has 70 valence electrons. The quantitative estimate of drug-likeness (QED) is 0.785. The topological polar surface area (TPSA) is 38.7 Å². The van der Waals surface area contributed by atoms with Crippen LogP contribution >= 0.6 is 23.4 Å². The van der Waals surface area contributed by atoms with Gasteiger partial charge in [0, 0.05) is 17.3 Å². The lowest BCUT2D eigenvalue weighted by Crippen LogP contribution is -1.84. The number of hydrogen-bond acceptors (Lipinski definition) is 4. The van der Waals surface area contributed by atoms with E-state index in [0.29, 0.717) is 5.15 Å². The van der Waals surface area contributed by atoms with Gasteiger partial charge in [-0.3, -0.25) is 4.98 Å². The van der Waals surface area contributed by atoms with E-state index in [9.17, 15) is 0 Å². The monoisotopic (exact) mass is 223 g/mol. The molecule has 2 aromatic rings. The molecular weight excluding hydrogens is 218 g/mol. The molecule has 0 N–H and O–H groups in total. The fourth-order valence-electron chi connectivity index (χ4n) is 0.885. The van der Waals surface area contributed by atoms with Crippen molar-refractivity contribution in [2.75, 3.05) is 0 Å². The summed E-state index contributed by atoms with van der Waals surface area (Å²) in [5, 5.41) is 8.91. The van der Waals surface area contributed by atoms with Gasteiger partial charge in [0.25, 0.3) is 0 Å². The average molecular weight is 224 g/mol. The summed E-state index contributed by atoms with van der Waals surface area (Å²) >= 11 is 7.15. The van der Waals surface area contributed by atoms with E-state index < -0.39 is 0 Å². The second kappa shape index (κ2) is 4.39. The van der Waals surface area contributed by atoms with E-state index in [-0.39, 0.29) is 0 Å². The number of hydrogen-bond donors (Lipinski definition) is 0. The van der Waals surface area contributed by atoms with Crippen LogP contribution in [0, 0.1) is 0 Å². The maximum atomic E-state index is 5.62. The molecule has 0 aliphatic carbocycles. The first-order chi connectivity index (χ1) is 6.84. The minimum Gasteiger partial charge on any atom is -0.265 e. The molecule has 0 radical (unpaired) electrons. The Morgan fingerprint density at radius 1 is 1.00 bits per heavy atom. The lowest BCUT2D eigenvalue weighted by Gasteiger charge is -1.98. The highest BCUT2D eigenvalue weighted by Gasteiger charge is 1.98. The molecule has 0 amide bonds. The third kappa shape index (κ3) is 2.43. The number of pyridine rings is 1. The first-order valence-electron chi connectivity index (χ1n) is 3.92. The zero-order valence-corrected chi connectivity index (χ0v) is 8.66. The van der Waals surface area contributed by atoms with Gasteiger partial charge in [0.2, 0.25) is 0 Å². The van der Waals surface area contributed by atoms with Crippen molar-refractivity contribution in [1.82, 2.24) is 15.2 Å². The third-order valence-electron chi connectivity index (χ3n) is 1.48. The Balaban J connectivity index is 2.16. The smallest absolute Gasteiger partial charge is 0.151 e. The molecule has 3 nitrogen and oxygen atoms in total. The first-order valence-corrected chi connectivity index (χ1v) is 5.11. The predicted octanol–water partition coefficient (Wildman–Crippen LogP) is 2.68. The molecular formula is C9H6ClN3S.